The third-order valence-electron chi connectivity index (χ3n) is 3.53. The predicted octanol–water partition coefficient (Wildman–Crippen LogP) is 2.76. The molecule has 0 spiro atoms. The Hall–Kier alpha value is -2.23. The smallest absolute Gasteiger partial charge is 0.209 e. The number of hydrogen-bond acceptors (Lipinski definition) is 3. The lowest BCUT2D eigenvalue weighted by Crippen LogP contribution is -2.05. The summed E-state index contributed by atoms with van der Waals surface area (Å²) >= 11 is 0. The fraction of sp³-hybridized carbons (Fsp3) is 0.267. The summed E-state index contributed by atoms with van der Waals surface area (Å²) in [5.41, 5.74) is 10.6. The van der Waals surface area contributed by atoms with E-state index in [2.05, 4.69) is 4.98 Å². The summed E-state index contributed by atoms with van der Waals surface area (Å²) in [5, 5.41) is 0. The SMILES string of the molecule is COc1ccc(C(=O)c2[nH]c(C)c(C)c2C)cc1N. The van der Waals surface area contributed by atoms with E-state index in [0.717, 1.165) is 16.8 Å². The number of hydrogen-bond donors (Lipinski definition) is 2. The van der Waals surface area contributed by atoms with Crippen LogP contribution in [0.5, 0.6) is 5.75 Å². The number of H-pyrrole nitrogens is 1. The molecule has 1 aromatic carbocycles. The third-order valence-corrected chi connectivity index (χ3v) is 3.53. The number of nitrogens with one attached hydrogen (secondary N) is 1. The van der Waals surface area contributed by atoms with E-state index >= 15 is 0 Å². The Balaban J connectivity index is 2.44. The molecule has 0 aliphatic heterocycles. The Morgan fingerprint density at radius 2 is 1.89 bits per heavy atom. The van der Waals surface area contributed by atoms with Crippen LogP contribution in [0.25, 0.3) is 0 Å². The molecule has 0 aliphatic rings. The van der Waals surface area contributed by atoms with Crippen molar-refractivity contribution in [3.05, 3.63) is 46.3 Å². The number of methoxy groups -OCH3 is 1. The van der Waals surface area contributed by atoms with Crippen molar-refractivity contribution >= 4 is 11.5 Å². The van der Waals surface area contributed by atoms with Crippen LogP contribution in [-0.4, -0.2) is 17.9 Å². The highest BCUT2D eigenvalue weighted by atomic mass is 16.5. The molecule has 19 heavy (non-hydrogen) atoms. The van der Waals surface area contributed by atoms with E-state index < -0.39 is 0 Å². The summed E-state index contributed by atoms with van der Waals surface area (Å²) in [6.45, 7) is 5.90. The standard InChI is InChI=1S/C15H18N2O2/c1-8-9(2)14(17-10(8)3)15(18)11-5-6-13(19-4)12(16)7-11/h5-7,17H,16H2,1-4H3. The van der Waals surface area contributed by atoms with Gasteiger partial charge >= 0.3 is 0 Å². The molecule has 1 aromatic heterocycles. The maximum Gasteiger partial charge on any atom is 0.209 e. The van der Waals surface area contributed by atoms with Crippen LogP contribution in [0.15, 0.2) is 18.2 Å². The molecule has 0 saturated carbocycles. The molecule has 0 radical (unpaired) electrons. The van der Waals surface area contributed by atoms with Crippen LogP contribution >= 0.6 is 0 Å². The highest BCUT2D eigenvalue weighted by Crippen LogP contribution is 2.25. The number of ether oxygens (including phenoxy) is 1. The van der Waals surface area contributed by atoms with E-state index in [9.17, 15) is 4.79 Å². The van der Waals surface area contributed by atoms with Gasteiger partial charge < -0.3 is 15.5 Å². The molecular weight excluding hydrogens is 240 g/mol. The molecule has 4 heteroatoms. The first-order valence-electron chi connectivity index (χ1n) is 6.09. The second kappa shape index (κ2) is 4.80. The summed E-state index contributed by atoms with van der Waals surface area (Å²) in [4.78, 5) is 15.6. The molecule has 0 unspecified atom stereocenters. The van der Waals surface area contributed by atoms with Gasteiger partial charge in [-0.05, 0) is 50.1 Å². The zero-order chi connectivity index (χ0) is 14.2. The lowest BCUT2D eigenvalue weighted by atomic mass is 10.0. The molecule has 0 saturated heterocycles. The van der Waals surface area contributed by atoms with Crippen molar-refractivity contribution in [3.8, 4) is 5.75 Å². The van der Waals surface area contributed by atoms with Gasteiger partial charge in [-0.2, -0.15) is 0 Å². The van der Waals surface area contributed by atoms with E-state index in [4.69, 9.17) is 10.5 Å². The number of nitrogens with two attached hydrogens (primary N) is 1. The fourth-order valence-corrected chi connectivity index (χ4v) is 2.09. The van der Waals surface area contributed by atoms with Gasteiger partial charge in [-0.15, -0.1) is 0 Å². The number of ketones is 1. The van der Waals surface area contributed by atoms with Crippen LogP contribution in [0.1, 0.15) is 32.9 Å². The van der Waals surface area contributed by atoms with E-state index in [1.54, 1.807) is 25.3 Å². The van der Waals surface area contributed by atoms with Crippen molar-refractivity contribution < 1.29 is 9.53 Å². The van der Waals surface area contributed by atoms with E-state index in [-0.39, 0.29) is 5.78 Å². The van der Waals surface area contributed by atoms with Crippen LogP contribution in [0.4, 0.5) is 5.69 Å². The average molecular weight is 258 g/mol. The number of benzene rings is 1. The third kappa shape index (κ3) is 2.21. The zero-order valence-corrected chi connectivity index (χ0v) is 11.6. The first kappa shape index (κ1) is 13.2. The number of nitrogen functional groups attached to an aromatic ring is 1. The molecule has 100 valence electrons. The van der Waals surface area contributed by atoms with E-state index in [1.807, 2.05) is 20.8 Å². The van der Waals surface area contributed by atoms with Gasteiger partial charge in [-0.25, -0.2) is 0 Å². The van der Waals surface area contributed by atoms with Gasteiger partial charge in [0.2, 0.25) is 5.78 Å². The molecule has 1 heterocycles. The van der Waals surface area contributed by atoms with Crippen molar-refractivity contribution in [2.75, 3.05) is 12.8 Å². The normalized spacial score (nSPS) is 10.5. The van der Waals surface area contributed by atoms with E-state index in [1.165, 1.54) is 0 Å². The number of aryl methyl sites for hydroxylation is 1. The zero-order valence-electron chi connectivity index (χ0n) is 11.6. The summed E-state index contributed by atoms with van der Waals surface area (Å²) < 4.78 is 5.09. The molecule has 0 amide bonds. The molecular formula is C15H18N2O2. The quantitative estimate of drug-likeness (QED) is 0.657. The van der Waals surface area contributed by atoms with Gasteiger partial charge in [0.05, 0.1) is 18.5 Å². The Morgan fingerprint density at radius 3 is 2.37 bits per heavy atom. The lowest BCUT2D eigenvalue weighted by molar-refractivity contribution is 0.103. The minimum absolute atomic E-state index is 0.0527. The van der Waals surface area contributed by atoms with Crippen molar-refractivity contribution in [3.63, 3.8) is 0 Å². The second-order valence-electron chi connectivity index (χ2n) is 4.66. The largest absolute Gasteiger partial charge is 0.495 e. The highest BCUT2D eigenvalue weighted by Gasteiger charge is 2.17. The molecule has 4 nitrogen and oxygen atoms in total. The number of rotatable bonds is 3. The predicted molar refractivity (Wildman–Crippen MR) is 75.8 cm³/mol. The van der Waals surface area contributed by atoms with Crippen LogP contribution in [0.2, 0.25) is 0 Å². The van der Waals surface area contributed by atoms with Gasteiger partial charge in [0, 0.05) is 11.3 Å². The molecule has 2 rings (SSSR count). The average Bonchev–Trinajstić information content (AvgIpc) is 2.65. The monoisotopic (exact) mass is 258 g/mol. The van der Waals surface area contributed by atoms with Crippen molar-refractivity contribution in [1.82, 2.24) is 4.98 Å². The molecule has 0 aliphatic carbocycles. The van der Waals surface area contributed by atoms with Crippen LogP contribution in [0, 0.1) is 20.8 Å². The molecule has 0 atom stereocenters. The number of aromatic nitrogens is 1. The Labute approximate surface area is 112 Å². The topological polar surface area (TPSA) is 68.1 Å². The Morgan fingerprint density at radius 1 is 1.21 bits per heavy atom. The summed E-state index contributed by atoms with van der Waals surface area (Å²) in [6.07, 6.45) is 0. The van der Waals surface area contributed by atoms with E-state index in [0.29, 0.717) is 22.7 Å². The summed E-state index contributed by atoms with van der Waals surface area (Å²) in [6, 6.07) is 5.08. The maximum absolute atomic E-state index is 12.5. The second-order valence-corrected chi connectivity index (χ2v) is 4.66. The maximum atomic E-state index is 12.5. The molecule has 0 bridgehead atoms. The molecule has 3 N–H and O–H groups in total. The Kier molecular flexibility index (Phi) is 3.34. The molecule has 2 aromatic rings. The van der Waals surface area contributed by atoms with Gasteiger partial charge in [0.1, 0.15) is 5.75 Å². The van der Waals surface area contributed by atoms with Crippen LogP contribution in [0.3, 0.4) is 0 Å². The lowest BCUT2D eigenvalue weighted by Gasteiger charge is -2.06. The van der Waals surface area contributed by atoms with Crippen molar-refractivity contribution in [2.45, 2.75) is 20.8 Å². The minimum Gasteiger partial charge on any atom is -0.495 e. The van der Waals surface area contributed by atoms with Crippen LogP contribution < -0.4 is 10.5 Å². The number of aromatic amines is 1. The van der Waals surface area contributed by atoms with Gasteiger partial charge in [-0.1, -0.05) is 0 Å². The van der Waals surface area contributed by atoms with Crippen molar-refractivity contribution in [2.24, 2.45) is 0 Å². The first-order valence-corrected chi connectivity index (χ1v) is 6.09. The van der Waals surface area contributed by atoms with Crippen LogP contribution in [-0.2, 0) is 0 Å². The summed E-state index contributed by atoms with van der Waals surface area (Å²) in [7, 11) is 1.55. The van der Waals surface area contributed by atoms with Gasteiger partial charge in [0.15, 0.2) is 0 Å². The van der Waals surface area contributed by atoms with Crippen molar-refractivity contribution in [1.29, 1.82) is 0 Å². The fourth-order valence-electron chi connectivity index (χ4n) is 2.09. The number of carbonyl (C=O) groups excluding carboxylic acids is 1. The summed E-state index contributed by atoms with van der Waals surface area (Å²) in [5.74, 6) is 0.523. The Bertz CT molecular complexity index is 642. The molecule has 0 fully saturated rings. The van der Waals surface area contributed by atoms with Gasteiger partial charge in [0.25, 0.3) is 0 Å². The highest BCUT2D eigenvalue weighted by molar-refractivity contribution is 6.09. The minimum atomic E-state index is -0.0527. The first-order chi connectivity index (χ1) is 8.95. The number of carbonyl (C=O) groups is 1. The van der Waals surface area contributed by atoms with Gasteiger partial charge in [-0.3, -0.25) is 4.79 Å². The number of anilines is 1.